The highest BCUT2D eigenvalue weighted by Crippen LogP contribution is 2.19. The summed E-state index contributed by atoms with van der Waals surface area (Å²) in [5, 5.41) is 0.822. The number of ether oxygens (including phenoxy) is 1. The lowest BCUT2D eigenvalue weighted by atomic mass is 10.2. The quantitative estimate of drug-likeness (QED) is 0.695. The standard InChI is InChI=1S/C15H14N4O3S/c1-22-12-8-7-11-10-16-15(17-14(11)9-12)18-19-23(20,21)13-5-3-2-4-6-13/h2-10,19H,1H3,(H,16,17,18). The normalized spacial score (nSPS) is 11.3. The number of aromatic nitrogens is 2. The first-order valence-electron chi connectivity index (χ1n) is 6.72. The second kappa shape index (κ2) is 6.19. The minimum atomic E-state index is -3.69. The molecule has 1 aromatic heterocycles. The molecule has 0 fully saturated rings. The molecule has 0 saturated heterocycles. The third kappa shape index (κ3) is 3.38. The number of anilines is 1. The molecule has 0 atom stereocenters. The fourth-order valence-electron chi connectivity index (χ4n) is 1.96. The molecule has 0 aliphatic rings. The van der Waals surface area contributed by atoms with E-state index in [1.165, 1.54) is 12.1 Å². The van der Waals surface area contributed by atoms with Crippen molar-refractivity contribution in [2.45, 2.75) is 4.90 Å². The number of sulfonamides is 1. The van der Waals surface area contributed by atoms with Crippen molar-refractivity contribution in [2.24, 2.45) is 0 Å². The molecular weight excluding hydrogens is 316 g/mol. The number of hydrazine groups is 1. The van der Waals surface area contributed by atoms with Gasteiger partial charge in [0.2, 0.25) is 5.95 Å². The van der Waals surface area contributed by atoms with Crippen LogP contribution < -0.4 is 15.0 Å². The predicted octanol–water partition coefficient (Wildman–Crippen LogP) is 1.94. The Balaban J connectivity index is 1.82. The maximum atomic E-state index is 12.1. The number of nitrogens with zero attached hydrogens (tertiary/aromatic N) is 2. The van der Waals surface area contributed by atoms with Gasteiger partial charge in [0.05, 0.1) is 17.5 Å². The average Bonchev–Trinajstić information content (AvgIpc) is 2.60. The number of methoxy groups -OCH3 is 1. The van der Waals surface area contributed by atoms with Gasteiger partial charge in [-0.25, -0.2) is 18.4 Å². The van der Waals surface area contributed by atoms with E-state index in [4.69, 9.17) is 4.74 Å². The molecule has 0 spiro atoms. The molecule has 0 amide bonds. The van der Waals surface area contributed by atoms with Crippen LogP contribution in [0.2, 0.25) is 0 Å². The van der Waals surface area contributed by atoms with Gasteiger partial charge in [-0.3, -0.25) is 5.43 Å². The lowest BCUT2D eigenvalue weighted by molar-refractivity contribution is 0.415. The lowest BCUT2D eigenvalue weighted by Crippen LogP contribution is -2.30. The molecule has 118 valence electrons. The summed E-state index contributed by atoms with van der Waals surface area (Å²) >= 11 is 0. The van der Waals surface area contributed by atoms with E-state index in [9.17, 15) is 8.42 Å². The zero-order valence-corrected chi connectivity index (χ0v) is 13.0. The molecule has 7 nitrogen and oxygen atoms in total. The fraction of sp³-hybridized carbons (Fsp3) is 0.0667. The van der Waals surface area contributed by atoms with E-state index in [0.29, 0.717) is 11.3 Å². The zero-order valence-electron chi connectivity index (χ0n) is 12.2. The van der Waals surface area contributed by atoms with Gasteiger partial charge in [-0.15, -0.1) is 4.83 Å². The molecule has 0 unspecified atom stereocenters. The van der Waals surface area contributed by atoms with Gasteiger partial charge in [-0.1, -0.05) is 18.2 Å². The van der Waals surface area contributed by atoms with Gasteiger partial charge in [0, 0.05) is 17.6 Å². The zero-order chi connectivity index (χ0) is 16.3. The van der Waals surface area contributed by atoms with Crippen LogP contribution in [0.15, 0.2) is 59.6 Å². The van der Waals surface area contributed by atoms with Gasteiger partial charge in [0.25, 0.3) is 10.0 Å². The molecular formula is C15H14N4O3S. The Kier molecular flexibility index (Phi) is 4.09. The van der Waals surface area contributed by atoms with E-state index >= 15 is 0 Å². The van der Waals surface area contributed by atoms with E-state index in [2.05, 4.69) is 20.2 Å². The first-order valence-corrected chi connectivity index (χ1v) is 8.20. The van der Waals surface area contributed by atoms with Crippen LogP contribution in [0.4, 0.5) is 5.95 Å². The van der Waals surface area contributed by atoms with E-state index in [1.54, 1.807) is 43.6 Å². The van der Waals surface area contributed by atoms with Gasteiger partial charge in [0.1, 0.15) is 5.75 Å². The smallest absolute Gasteiger partial charge is 0.257 e. The third-order valence-electron chi connectivity index (χ3n) is 3.14. The van der Waals surface area contributed by atoms with E-state index in [-0.39, 0.29) is 10.8 Å². The summed E-state index contributed by atoms with van der Waals surface area (Å²) in [5.74, 6) is 0.803. The van der Waals surface area contributed by atoms with Crippen molar-refractivity contribution >= 4 is 26.9 Å². The topological polar surface area (TPSA) is 93.2 Å². The Morgan fingerprint density at radius 1 is 1.09 bits per heavy atom. The molecule has 3 aromatic rings. The molecule has 3 rings (SSSR count). The molecule has 1 heterocycles. The number of hydrogen-bond donors (Lipinski definition) is 2. The molecule has 0 aliphatic heterocycles. The summed E-state index contributed by atoms with van der Waals surface area (Å²) in [4.78, 5) is 10.7. The Morgan fingerprint density at radius 2 is 1.87 bits per heavy atom. The second-order valence-corrected chi connectivity index (χ2v) is 6.34. The van der Waals surface area contributed by atoms with Crippen LogP contribution in [-0.2, 0) is 10.0 Å². The summed E-state index contributed by atoms with van der Waals surface area (Å²) in [6.07, 6.45) is 1.60. The van der Waals surface area contributed by atoms with E-state index < -0.39 is 10.0 Å². The van der Waals surface area contributed by atoms with Gasteiger partial charge in [-0.05, 0) is 24.3 Å². The fourth-order valence-corrected chi connectivity index (χ4v) is 2.82. The maximum Gasteiger partial charge on any atom is 0.257 e. The molecule has 23 heavy (non-hydrogen) atoms. The summed E-state index contributed by atoms with van der Waals surface area (Å²) in [7, 11) is -2.13. The Bertz CT molecular complexity index is 930. The summed E-state index contributed by atoms with van der Waals surface area (Å²) in [6.45, 7) is 0. The molecule has 2 N–H and O–H groups in total. The average molecular weight is 330 g/mol. The third-order valence-corrected chi connectivity index (χ3v) is 4.40. The highest BCUT2D eigenvalue weighted by atomic mass is 32.2. The Hall–Kier alpha value is -2.71. The molecule has 0 aliphatic carbocycles. The highest BCUT2D eigenvalue weighted by Gasteiger charge is 2.13. The summed E-state index contributed by atoms with van der Waals surface area (Å²) < 4.78 is 29.4. The van der Waals surface area contributed by atoms with Gasteiger partial charge in [0.15, 0.2) is 0 Å². The van der Waals surface area contributed by atoms with Crippen molar-refractivity contribution in [1.29, 1.82) is 0 Å². The minimum Gasteiger partial charge on any atom is -0.497 e. The second-order valence-electron chi connectivity index (χ2n) is 4.66. The van der Waals surface area contributed by atoms with Crippen LogP contribution in [0.3, 0.4) is 0 Å². The van der Waals surface area contributed by atoms with E-state index in [0.717, 1.165) is 5.39 Å². The van der Waals surface area contributed by atoms with Gasteiger partial charge < -0.3 is 4.74 Å². The van der Waals surface area contributed by atoms with E-state index in [1.807, 2.05) is 6.07 Å². The van der Waals surface area contributed by atoms with Crippen LogP contribution in [-0.4, -0.2) is 25.5 Å². The van der Waals surface area contributed by atoms with Crippen molar-refractivity contribution in [1.82, 2.24) is 14.8 Å². The van der Waals surface area contributed by atoms with Crippen molar-refractivity contribution in [2.75, 3.05) is 12.5 Å². The molecule has 0 bridgehead atoms. The summed E-state index contributed by atoms with van der Waals surface area (Å²) in [6, 6.07) is 13.4. The van der Waals surface area contributed by atoms with Crippen molar-refractivity contribution < 1.29 is 13.2 Å². The molecule has 8 heteroatoms. The minimum absolute atomic E-state index is 0.144. The van der Waals surface area contributed by atoms with Crippen molar-refractivity contribution in [3.63, 3.8) is 0 Å². The van der Waals surface area contributed by atoms with Crippen LogP contribution in [0.25, 0.3) is 10.9 Å². The maximum absolute atomic E-state index is 12.1. The van der Waals surface area contributed by atoms with Crippen molar-refractivity contribution in [3.8, 4) is 5.75 Å². The van der Waals surface area contributed by atoms with Gasteiger partial charge >= 0.3 is 0 Å². The number of hydrogen-bond acceptors (Lipinski definition) is 6. The van der Waals surface area contributed by atoms with Crippen LogP contribution in [0.5, 0.6) is 5.75 Å². The molecule has 2 aromatic carbocycles. The number of rotatable bonds is 5. The Morgan fingerprint density at radius 3 is 2.61 bits per heavy atom. The number of benzene rings is 2. The largest absolute Gasteiger partial charge is 0.497 e. The molecule has 0 radical (unpaired) electrons. The highest BCUT2D eigenvalue weighted by molar-refractivity contribution is 7.89. The van der Waals surface area contributed by atoms with Crippen LogP contribution >= 0.6 is 0 Å². The number of nitrogens with one attached hydrogen (secondary N) is 2. The first kappa shape index (κ1) is 15.2. The Labute approximate surface area is 133 Å². The molecule has 0 saturated carbocycles. The first-order chi connectivity index (χ1) is 11.1. The van der Waals surface area contributed by atoms with Crippen molar-refractivity contribution in [3.05, 3.63) is 54.7 Å². The monoisotopic (exact) mass is 330 g/mol. The van der Waals surface area contributed by atoms with Crippen LogP contribution in [0.1, 0.15) is 0 Å². The number of fused-ring (bicyclic) bond motifs is 1. The summed E-state index contributed by atoms with van der Waals surface area (Å²) in [5.41, 5.74) is 3.15. The SMILES string of the molecule is COc1ccc2cnc(NNS(=O)(=O)c3ccccc3)nc2c1. The van der Waals surface area contributed by atoms with Crippen LogP contribution in [0, 0.1) is 0 Å². The predicted molar refractivity (Wildman–Crippen MR) is 86.5 cm³/mol. The lowest BCUT2D eigenvalue weighted by Gasteiger charge is -2.09. The van der Waals surface area contributed by atoms with Gasteiger partial charge in [-0.2, -0.15) is 0 Å².